The van der Waals surface area contributed by atoms with Gasteiger partial charge in [0.25, 0.3) is 0 Å². The van der Waals surface area contributed by atoms with Gasteiger partial charge in [-0.3, -0.25) is 0 Å². The van der Waals surface area contributed by atoms with Gasteiger partial charge < -0.3 is 15.7 Å². The Morgan fingerprint density at radius 3 is 2.75 bits per heavy atom. The van der Waals surface area contributed by atoms with Gasteiger partial charge >= 0.3 is 12.0 Å². The Kier molecular flexibility index (Phi) is 6.48. The number of nitrogens with one attached hydrogen (secondary N) is 2. The molecular formula is C12H21N5O3. The molecule has 1 unspecified atom stereocenters. The van der Waals surface area contributed by atoms with E-state index in [9.17, 15) is 9.59 Å². The van der Waals surface area contributed by atoms with E-state index >= 15 is 0 Å². The monoisotopic (exact) mass is 283 g/mol. The lowest BCUT2D eigenvalue weighted by atomic mass is 10.2. The van der Waals surface area contributed by atoms with E-state index in [0.29, 0.717) is 18.7 Å². The number of carboxylic acid groups (broad SMARTS) is 1. The molecule has 0 bridgehead atoms. The summed E-state index contributed by atoms with van der Waals surface area (Å²) in [4.78, 5) is 26.6. The molecule has 8 heteroatoms. The lowest BCUT2D eigenvalue weighted by molar-refractivity contribution is -0.139. The molecule has 1 atom stereocenters. The average Bonchev–Trinajstić information content (AvgIpc) is 2.83. The van der Waals surface area contributed by atoms with Crippen molar-refractivity contribution in [3.05, 3.63) is 12.2 Å². The molecule has 0 aromatic carbocycles. The van der Waals surface area contributed by atoms with Gasteiger partial charge in [-0.2, -0.15) is 5.10 Å². The van der Waals surface area contributed by atoms with E-state index in [-0.39, 0.29) is 6.54 Å². The molecule has 0 saturated carbocycles. The molecule has 1 aromatic rings. The van der Waals surface area contributed by atoms with Gasteiger partial charge in [-0.25, -0.2) is 19.3 Å². The van der Waals surface area contributed by atoms with Crippen LogP contribution in [0.3, 0.4) is 0 Å². The van der Waals surface area contributed by atoms with Crippen LogP contribution >= 0.6 is 0 Å². The highest BCUT2D eigenvalue weighted by molar-refractivity contribution is 5.82. The zero-order chi connectivity index (χ0) is 15.0. The number of aryl methyl sites for hydroxylation is 1. The summed E-state index contributed by atoms with van der Waals surface area (Å²) in [5.74, 6) is -0.388. The zero-order valence-corrected chi connectivity index (χ0v) is 11.8. The molecule has 0 saturated heterocycles. The third kappa shape index (κ3) is 4.87. The minimum Gasteiger partial charge on any atom is -0.480 e. The van der Waals surface area contributed by atoms with E-state index < -0.39 is 18.0 Å². The fourth-order valence-corrected chi connectivity index (χ4v) is 1.74. The number of carbonyl (C=O) groups excluding carboxylic acids is 1. The minimum atomic E-state index is -1.03. The molecule has 112 valence electrons. The fourth-order valence-electron chi connectivity index (χ4n) is 1.74. The number of aromatic nitrogens is 3. The van der Waals surface area contributed by atoms with Crippen molar-refractivity contribution in [2.45, 2.75) is 52.2 Å². The highest BCUT2D eigenvalue weighted by atomic mass is 16.4. The number of hydrogen-bond donors (Lipinski definition) is 3. The Morgan fingerprint density at radius 1 is 1.40 bits per heavy atom. The van der Waals surface area contributed by atoms with Crippen LogP contribution in [0.1, 0.15) is 38.9 Å². The SMILES string of the molecule is CCCC(NC(=O)NCc1ncnn1CCC)C(=O)O. The van der Waals surface area contributed by atoms with Crippen LogP contribution in [0.15, 0.2) is 6.33 Å². The maximum absolute atomic E-state index is 11.7. The van der Waals surface area contributed by atoms with Crippen molar-refractivity contribution in [1.29, 1.82) is 0 Å². The summed E-state index contributed by atoms with van der Waals surface area (Å²) >= 11 is 0. The summed E-state index contributed by atoms with van der Waals surface area (Å²) in [7, 11) is 0. The third-order valence-electron chi connectivity index (χ3n) is 2.72. The molecule has 1 heterocycles. The number of carboxylic acids is 1. The van der Waals surface area contributed by atoms with E-state index in [1.807, 2.05) is 13.8 Å². The molecule has 1 aromatic heterocycles. The Hall–Kier alpha value is -2.12. The van der Waals surface area contributed by atoms with Gasteiger partial charge in [-0.15, -0.1) is 0 Å². The highest BCUT2D eigenvalue weighted by Crippen LogP contribution is 1.98. The second kappa shape index (κ2) is 8.13. The predicted molar refractivity (Wildman–Crippen MR) is 72.0 cm³/mol. The number of rotatable bonds is 8. The summed E-state index contributed by atoms with van der Waals surface area (Å²) in [5.41, 5.74) is 0. The van der Waals surface area contributed by atoms with Gasteiger partial charge in [0.15, 0.2) is 0 Å². The van der Waals surface area contributed by atoms with Crippen LogP contribution in [-0.4, -0.2) is 37.9 Å². The van der Waals surface area contributed by atoms with E-state index in [1.54, 1.807) is 4.68 Å². The van der Waals surface area contributed by atoms with Crippen molar-refractivity contribution in [2.75, 3.05) is 0 Å². The summed E-state index contributed by atoms with van der Waals surface area (Å²) in [6, 6.07) is -1.38. The summed E-state index contributed by atoms with van der Waals surface area (Å²) in [6.45, 7) is 4.83. The Bertz CT molecular complexity index is 446. The molecule has 0 spiro atoms. The molecule has 20 heavy (non-hydrogen) atoms. The van der Waals surface area contributed by atoms with Gasteiger partial charge in [0, 0.05) is 6.54 Å². The summed E-state index contributed by atoms with van der Waals surface area (Å²) in [5, 5.41) is 18.0. The lowest BCUT2D eigenvalue weighted by Crippen LogP contribution is -2.45. The standard InChI is InChI=1S/C12H21N5O3/c1-3-5-9(11(18)19)16-12(20)13-7-10-14-8-15-17(10)6-4-2/h8-9H,3-7H2,1-2H3,(H,18,19)(H2,13,16,20). The smallest absolute Gasteiger partial charge is 0.326 e. The zero-order valence-electron chi connectivity index (χ0n) is 11.8. The van der Waals surface area contributed by atoms with Gasteiger partial charge in [0.1, 0.15) is 18.2 Å². The first kappa shape index (κ1) is 15.9. The maximum Gasteiger partial charge on any atom is 0.326 e. The van der Waals surface area contributed by atoms with E-state index in [2.05, 4.69) is 20.7 Å². The first-order valence-electron chi connectivity index (χ1n) is 6.72. The van der Waals surface area contributed by atoms with Gasteiger partial charge in [-0.05, 0) is 12.8 Å². The first-order valence-corrected chi connectivity index (χ1v) is 6.72. The molecule has 1 rings (SSSR count). The van der Waals surface area contributed by atoms with Gasteiger partial charge in [-0.1, -0.05) is 20.3 Å². The van der Waals surface area contributed by atoms with E-state index in [4.69, 9.17) is 5.11 Å². The Balaban J connectivity index is 2.46. The predicted octanol–water partition coefficient (Wildman–Crippen LogP) is 0.741. The maximum atomic E-state index is 11.7. The number of amides is 2. The molecule has 0 aliphatic heterocycles. The second-order valence-electron chi connectivity index (χ2n) is 4.41. The molecule has 0 aliphatic carbocycles. The number of aliphatic carboxylic acids is 1. The Labute approximate surface area is 117 Å². The van der Waals surface area contributed by atoms with Crippen molar-refractivity contribution in [2.24, 2.45) is 0 Å². The number of carbonyl (C=O) groups is 2. The minimum absolute atomic E-state index is 0.213. The van der Waals surface area contributed by atoms with Crippen LogP contribution in [0.2, 0.25) is 0 Å². The van der Waals surface area contributed by atoms with Crippen molar-refractivity contribution < 1.29 is 14.7 Å². The largest absolute Gasteiger partial charge is 0.480 e. The van der Waals surface area contributed by atoms with Crippen LogP contribution < -0.4 is 10.6 Å². The molecule has 0 radical (unpaired) electrons. The summed E-state index contributed by atoms with van der Waals surface area (Å²) < 4.78 is 1.71. The molecular weight excluding hydrogens is 262 g/mol. The van der Waals surface area contributed by atoms with Crippen molar-refractivity contribution in [3.63, 3.8) is 0 Å². The van der Waals surface area contributed by atoms with Crippen molar-refractivity contribution >= 4 is 12.0 Å². The van der Waals surface area contributed by atoms with E-state index in [0.717, 1.165) is 13.0 Å². The first-order chi connectivity index (χ1) is 9.58. The van der Waals surface area contributed by atoms with Crippen LogP contribution in [0, 0.1) is 0 Å². The molecule has 0 aliphatic rings. The molecule has 8 nitrogen and oxygen atoms in total. The van der Waals surface area contributed by atoms with Crippen LogP contribution in [-0.2, 0) is 17.9 Å². The average molecular weight is 283 g/mol. The number of nitrogens with zero attached hydrogens (tertiary/aromatic N) is 3. The molecule has 3 N–H and O–H groups in total. The van der Waals surface area contributed by atoms with Gasteiger partial charge in [0.05, 0.1) is 6.54 Å². The molecule has 2 amide bonds. The molecule has 0 fully saturated rings. The van der Waals surface area contributed by atoms with Crippen LogP contribution in [0.25, 0.3) is 0 Å². The lowest BCUT2D eigenvalue weighted by Gasteiger charge is -2.14. The quantitative estimate of drug-likeness (QED) is 0.652. The van der Waals surface area contributed by atoms with Crippen LogP contribution in [0.5, 0.6) is 0 Å². The number of urea groups is 1. The van der Waals surface area contributed by atoms with E-state index in [1.165, 1.54) is 6.33 Å². The second-order valence-corrected chi connectivity index (χ2v) is 4.41. The topological polar surface area (TPSA) is 109 Å². The Morgan fingerprint density at radius 2 is 2.15 bits per heavy atom. The van der Waals surface area contributed by atoms with Gasteiger partial charge in [0.2, 0.25) is 0 Å². The highest BCUT2D eigenvalue weighted by Gasteiger charge is 2.18. The fraction of sp³-hybridized carbons (Fsp3) is 0.667. The number of hydrogen-bond acceptors (Lipinski definition) is 4. The van der Waals surface area contributed by atoms with Crippen LogP contribution in [0.4, 0.5) is 4.79 Å². The third-order valence-corrected chi connectivity index (χ3v) is 2.72. The normalized spacial score (nSPS) is 11.9. The summed E-state index contributed by atoms with van der Waals surface area (Å²) in [6.07, 6.45) is 3.43. The van der Waals surface area contributed by atoms with Crippen molar-refractivity contribution in [1.82, 2.24) is 25.4 Å². The van der Waals surface area contributed by atoms with Crippen molar-refractivity contribution in [3.8, 4) is 0 Å².